The van der Waals surface area contributed by atoms with Crippen molar-refractivity contribution in [2.45, 2.75) is 38.0 Å². The number of ether oxygens (including phenoxy) is 2. The standard InChI is InChI=1S/C22H33N3O3/c1-3-28-20(26)18-8-7-13-25(16-18)21(23-2)24-17-22(11-14-27-15-12-22)19-9-5-4-6-10-19/h4-6,9-10,18H,3,7-8,11-17H2,1-2H3,(H,23,24). The summed E-state index contributed by atoms with van der Waals surface area (Å²) in [6.07, 6.45) is 3.85. The zero-order valence-corrected chi connectivity index (χ0v) is 17.2. The molecule has 6 nitrogen and oxygen atoms in total. The summed E-state index contributed by atoms with van der Waals surface area (Å²) in [6.45, 7) is 6.25. The fraction of sp³-hybridized carbons (Fsp3) is 0.636. The van der Waals surface area contributed by atoms with Gasteiger partial charge < -0.3 is 19.7 Å². The van der Waals surface area contributed by atoms with Crippen LogP contribution in [0, 0.1) is 5.92 Å². The molecule has 0 amide bonds. The van der Waals surface area contributed by atoms with Crippen LogP contribution in [0.3, 0.4) is 0 Å². The number of esters is 1. The van der Waals surface area contributed by atoms with Crippen LogP contribution in [0.25, 0.3) is 0 Å². The number of carbonyl (C=O) groups excluding carboxylic acids is 1. The molecule has 1 N–H and O–H groups in total. The molecule has 6 heteroatoms. The van der Waals surface area contributed by atoms with Crippen molar-refractivity contribution in [1.29, 1.82) is 0 Å². The zero-order chi connectivity index (χ0) is 19.8. The van der Waals surface area contributed by atoms with Gasteiger partial charge >= 0.3 is 5.97 Å². The number of carbonyl (C=O) groups is 1. The van der Waals surface area contributed by atoms with E-state index >= 15 is 0 Å². The summed E-state index contributed by atoms with van der Waals surface area (Å²) in [6, 6.07) is 10.7. The van der Waals surface area contributed by atoms with E-state index in [4.69, 9.17) is 9.47 Å². The van der Waals surface area contributed by atoms with Crippen LogP contribution in [0.1, 0.15) is 38.2 Å². The molecule has 2 saturated heterocycles. The normalized spacial score (nSPS) is 22.6. The van der Waals surface area contributed by atoms with E-state index in [1.54, 1.807) is 0 Å². The number of aliphatic imine (C=N–C) groups is 1. The van der Waals surface area contributed by atoms with Crippen molar-refractivity contribution in [3.63, 3.8) is 0 Å². The van der Waals surface area contributed by atoms with E-state index in [0.29, 0.717) is 13.2 Å². The number of nitrogens with one attached hydrogen (secondary N) is 1. The molecular formula is C22H33N3O3. The van der Waals surface area contributed by atoms with Crippen molar-refractivity contribution in [2.75, 3.05) is 46.5 Å². The number of likely N-dealkylation sites (tertiary alicyclic amines) is 1. The van der Waals surface area contributed by atoms with E-state index in [9.17, 15) is 4.79 Å². The Morgan fingerprint density at radius 3 is 2.75 bits per heavy atom. The van der Waals surface area contributed by atoms with Gasteiger partial charge in [-0.15, -0.1) is 0 Å². The second-order valence-electron chi connectivity index (χ2n) is 7.70. The number of benzene rings is 1. The first-order valence-electron chi connectivity index (χ1n) is 10.4. The third kappa shape index (κ3) is 4.85. The van der Waals surface area contributed by atoms with Crippen molar-refractivity contribution >= 4 is 11.9 Å². The highest BCUT2D eigenvalue weighted by molar-refractivity contribution is 5.81. The van der Waals surface area contributed by atoms with Gasteiger partial charge in [-0.1, -0.05) is 30.3 Å². The third-order valence-corrected chi connectivity index (χ3v) is 5.97. The lowest BCUT2D eigenvalue weighted by Crippen LogP contribution is -2.52. The van der Waals surface area contributed by atoms with Crippen LogP contribution >= 0.6 is 0 Å². The van der Waals surface area contributed by atoms with Crippen LogP contribution in [0.15, 0.2) is 35.3 Å². The van der Waals surface area contributed by atoms with Crippen LogP contribution in [0.2, 0.25) is 0 Å². The number of hydrogen-bond donors (Lipinski definition) is 1. The quantitative estimate of drug-likeness (QED) is 0.478. The Bertz CT molecular complexity index is 656. The van der Waals surface area contributed by atoms with E-state index < -0.39 is 0 Å². The Balaban J connectivity index is 1.67. The van der Waals surface area contributed by atoms with Crippen molar-refractivity contribution in [1.82, 2.24) is 10.2 Å². The predicted molar refractivity (Wildman–Crippen MR) is 110 cm³/mol. The fourth-order valence-electron chi connectivity index (χ4n) is 4.32. The Morgan fingerprint density at radius 2 is 2.07 bits per heavy atom. The summed E-state index contributed by atoms with van der Waals surface area (Å²) in [4.78, 5) is 18.9. The van der Waals surface area contributed by atoms with Gasteiger partial charge in [-0.2, -0.15) is 0 Å². The molecule has 154 valence electrons. The van der Waals surface area contributed by atoms with Crippen LogP contribution in [0.5, 0.6) is 0 Å². The van der Waals surface area contributed by atoms with Gasteiger partial charge in [0.05, 0.1) is 12.5 Å². The van der Waals surface area contributed by atoms with E-state index in [0.717, 1.165) is 57.9 Å². The molecule has 0 aromatic heterocycles. The number of guanidine groups is 1. The van der Waals surface area contributed by atoms with Crippen molar-refractivity contribution in [3.05, 3.63) is 35.9 Å². The van der Waals surface area contributed by atoms with Gasteiger partial charge in [0.1, 0.15) is 0 Å². The molecule has 0 saturated carbocycles. The molecule has 2 heterocycles. The van der Waals surface area contributed by atoms with Crippen LogP contribution < -0.4 is 5.32 Å². The maximum Gasteiger partial charge on any atom is 0.310 e. The highest BCUT2D eigenvalue weighted by atomic mass is 16.5. The first-order chi connectivity index (χ1) is 13.7. The molecule has 1 atom stereocenters. The van der Waals surface area contributed by atoms with Gasteiger partial charge in [-0.25, -0.2) is 0 Å². The molecule has 0 radical (unpaired) electrons. The Hall–Kier alpha value is -2.08. The average Bonchev–Trinajstić information content (AvgIpc) is 2.76. The van der Waals surface area contributed by atoms with Gasteiger partial charge in [-0.05, 0) is 38.2 Å². The lowest BCUT2D eigenvalue weighted by molar-refractivity contribution is -0.149. The molecule has 0 spiro atoms. The molecule has 0 bridgehead atoms. The van der Waals surface area contributed by atoms with E-state index in [-0.39, 0.29) is 17.3 Å². The smallest absolute Gasteiger partial charge is 0.310 e. The predicted octanol–water partition coefficient (Wildman–Crippen LogP) is 2.59. The van der Waals surface area contributed by atoms with Crippen molar-refractivity contribution < 1.29 is 14.3 Å². The Morgan fingerprint density at radius 1 is 1.32 bits per heavy atom. The van der Waals surface area contributed by atoms with Crippen LogP contribution in [0.4, 0.5) is 0 Å². The minimum absolute atomic E-state index is 0.0474. The second-order valence-corrected chi connectivity index (χ2v) is 7.70. The molecule has 28 heavy (non-hydrogen) atoms. The molecule has 1 unspecified atom stereocenters. The number of nitrogens with zero attached hydrogens (tertiary/aromatic N) is 2. The highest BCUT2D eigenvalue weighted by Gasteiger charge is 2.35. The summed E-state index contributed by atoms with van der Waals surface area (Å²) in [7, 11) is 1.81. The molecule has 2 aliphatic heterocycles. The topological polar surface area (TPSA) is 63.2 Å². The maximum absolute atomic E-state index is 12.2. The average molecular weight is 388 g/mol. The number of hydrogen-bond acceptors (Lipinski definition) is 4. The first-order valence-corrected chi connectivity index (χ1v) is 10.4. The lowest BCUT2D eigenvalue weighted by atomic mass is 9.74. The van der Waals surface area contributed by atoms with Gasteiger partial charge in [-0.3, -0.25) is 9.79 Å². The van der Waals surface area contributed by atoms with E-state index in [1.807, 2.05) is 14.0 Å². The lowest BCUT2D eigenvalue weighted by Gasteiger charge is -2.40. The van der Waals surface area contributed by atoms with Gasteiger partial charge in [0, 0.05) is 45.3 Å². The van der Waals surface area contributed by atoms with Crippen LogP contribution in [-0.2, 0) is 19.7 Å². The summed E-state index contributed by atoms with van der Waals surface area (Å²) < 4.78 is 10.9. The molecule has 1 aromatic rings. The SMILES string of the molecule is CCOC(=O)C1CCCN(C(=NC)NCC2(c3ccccc3)CCOCC2)C1. The summed E-state index contributed by atoms with van der Waals surface area (Å²) in [5.41, 5.74) is 1.40. The monoisotopic (exact) mass is 387 g/mol. The van der Waals surface area contributed by atoms with Gasteiger partial charge in [0.15, 0.2) is 5.96 Å². The third-order valence-electron chi connectivity index (χ3n) is 5.97. The summed E-state index contributed by atoms with van der Waals surface area (Å²) in [5.74, 6) is 0.710. The van der Waals surface area contributed by atoms with Crippen molar-refractivity contribution in [3.8, 4) is 0 Å². The first kappa shape index (κ1) is 20.6. The fourth-order valence-corrected chi connectivity index (χ4v) is 4.32. The molecule has 1 aromatic carbocycles. The largest absolute Gasteiger partial charge is 0.466 e. The summed E-state index contributed by atoms with van der Waals surface area (Å²) in [5, 5.41) is 3.61. The highest BCUT2D eigenvalue weighted by Crippen LogP contribution is 2.34. The molecule has 0 aliphatic carbocycles. The van der Waals surface area contributed by atoms with Gasteiger partial charge in [0.25, 0.3) is 0 Å². The molecule has 3 rings (SSSR count). The van der Waals surface area contributed by atoms with Crippen molar-refractivity contribution in [2.24, 2.45) is 10.9 Å². The Kier molecular flexibility index (Phi) is 7.31. The molecular weight excluding hydrogens is 354 g/mol. The second kappa shape index (κ2) is 9.92. The van der Waals surface area contributed by atoms with Gasteiger partial charge in [0.2, 0.25) is 0 Å². The summed E-state index contributed by atoms with van der Waals surface area (Å²) >= 11 is 0. The number of rotatable bonds is 5. The molecule has 2 aliphatic rings. The maximum atomic E-state index is 12.2. The molecule has 2 fully saturated rings. The van der Waals surface area contributed by atoms with E-state index in [1.165, 1.54) is 5.56 Å². The number of piperidine rings is 1. The van der Waals surface area contributed by atoms with Crippen LogP contribution in [-0.4, -0.2) is 63.3 Å². The Labute approximate surface area is 168 Å². The zero-order valence-electron chi connectivity index (χ0n) is 17.2. The minimum atomic E-state index is -0.0900. The minimum Gasteiger partial charge on any atom is -0.466 e. The van der Waals surface area contributed by atoms with E-state index in [2.05, 4.69) is 45.5 Å².